The van der Waals surface area contributed by atoms with Crippen molar-refractivity contribution in [3.05, 3.63) is 24.3 Å². The van der Waals surface area contributed by atoms with Crippen molar-refractivity contribution in [3.63, 3.8) is 0 Å². The molecule has 0 saturated carbocycles. The van der Waals surface area contributed by atoms with E-state index >= 15 is 0 Å². The van der Waals surface area contributed by atoms with Gasteiger partial charge in [0.2, 0.25) is 10.0 Å². The van der Waals surface area contributed by atoms with Crippen LogP contribution in [0.2, 0.25) is 0 Å². The lowest BCUT2D eigenvalue weighted by molar-refractivity contribution is 0.515. The summed E-state index contributed by atoms with van der Waals surface area (Å²) in [5.41, 5.74) is 0. The third-order valence-electron chi connectivity index (χ3n) is 2.46. The maximum absolute atomic E-state index is 11.2. The van der Waals surface area contributed by atoms with E-state index in [0.29, 0.717) is 0 Å². The maximum atomic E-state index is 11.2. The molecule has 4 heteroatoms. The minimum atomic E-state index is -3.51. The zero-order valence-electron chi connectivity index (χ0n) is 7.19. The zero-order chi connectivity index (χ0) is 9.41. The van der Waals surface area contributed by atoms with E-state index in [9.17, 15) is 8.42 Å². The summed E-state index contributed by atoms with van der Waals surface area (Å²) in [6, 6.07) is 0. The third kappa shape index (κ3) is 1.32. The van der Waals surface area contributed by atoms with Gasteiger partial charge in [0.15, 0.2) is 0 Å². The lowest BCUT2D eigenvalue weighted by Crippen LogP contribution is -2.44. The van der Waals surface area contributed by atoms with Gasteiger partial charge >= 0.3 is 0 Å². The topological polar surface area (TPSA) is 60.2 Å². The van der Waals surface area contributed by atoms with E-state index in [2.05, 4.69) is 0 Å². The average Bonchev–Trinajstić information content (AvgIpc) is 1.93. The first-order valence-electron chi connectivity index (χ1n) is 3.76. The fourth-order valence-electron chi connectivity index (χ4n) is 1.17. The van der Waals surface area contributed by atoms with Crippen molar-refractivity contribution in [1.82, 2.24) is 0 Å². The molecule has 1 aliphatic carbocycles. The van der Waals surface area contributed by atoms with Gasteiger partial charge in [0.05, 0.1) is 0 Å². The molecule has 3 nitrogen and oxygen atoms in total. The van der Waals surface area contributed by atoms with E-state index < -0.39 is 14.8 Å². The average molecular weight is 187 g/mol. The second kappa shape index (κ2) is 2.71. The summed E-state index contributed by atoms with van der Waals surface area (Å²) in [5, 5.41) is 5.12. The molecular formula is C8H13NO2S. The van der Waals surface area contributed by atoms with Gasteiger partial charge in [0.1, 0.15) is 4.75 Å². The molecule has 2 N–H and O–H groups in total. The summed E-state index contributed by atoms with van der Waals surface area (Å²) < 4.78 is 21.5. The number of sulfonamides is 1. The van der Waals surface area contributed by atoms with Gasteiger partial charge in [0, 0.05) is 0 Å². The van der Waals surface area contributed by atoms with Gasteiger partial charge < -0.3 is 0 Å². The summed E-state index contributed by atoms with van der Waals surface area (Å²) >= 11 is 0. The SMILES string of the molecule is CC1C=CC=CC1(C)S(N)(=O)=O. The van der Waals surface area contributed by atoms with Crippen LogP contribution in [0.3, 0.4) is 0 Å². The second-order valence-electron chi connectivity index (χ2n) is 3.26. The van der Waals surface area contributed by atoms with Crippen molar-refractivity contribution >= 4 is 10.0 Å². The molecule has 68 valence electrons. The van der Waals surface area contributed by atoms with E-state index in [-0.39, 0.29) is 5.92 Å². The number of rotatable bonds is 1. The summed E-state index contributed by atoms with van der Waals surface area (Å²) in [4.78, 5) is 0. The van der Waals surface area contributed by atoms with Gasteiger partial charge in [-0.1, -0.05) is 31.2 Å². The fourth-order valence-corrected chi connectivity index (χ4v) is 2.04. The molecule has 2 unspecified atom stereocenters. The van der Waals surface area contributed by atoms with Gasteiger partial charge in [-0.2, -0.15) is 0 Å². The molecule has 0 radical (unpaired) electrons. The number of nitrogens with two attached hydrogens (primary N) is 1. The van der Waals surface area contributed by atoms with Gasteiger partial charge in [-0.05, 0) is 12.8 Å². The van der Waals surface area contributed by atoms with Gasteiger partial charge in [-0.25, -0.2) is 13.6 Å². The highest BCUT2D eigenvalue weighted by atomic mass is 32.2. The molecule has 0 aromatic rings. The predicted molar refractivity (Wildman–Crippen MR) is 49.0 cm³/mol. The first kappa shape index (κ1) is 9.48. The van der Waals surface area contributed by atoms with Crippen LogP contribution in [-0.2, 0) is 10.0 Å². The second-order valence-corrected chi connectivity index (χ2v) is 5.23. The molecule has 0 heterocycles. The fraction of sp³-hybridized carbons (Fsp3) is 0.500. The lowest BCUT2D eigenvalue weighted by atomic mass is 9.91. The molecular weight excluding hydrogens is 174 g/mol. The molecule has 0 aromatic carbocycles. The molecule has 0 saturated heterocycles. The van der Waals surface area contributed by atoms with Crippen LogP contribution in [-0.4, -0.2) is 13.2 Å². The van der Waals surface area contributed by atoms with Crippen LogP contribution in [0.4, 0.5) is 0 Å². The zero-order valence-corrected chi connectivity index (χ0v) is 8.01. The monoisotopic (exact) mass is 187 g/mol. The van der Waals surface area contributed by atoms with E-state index in [1.807, 2.05) is 19.1 Å². The number of hydrogen-bond donors (Lipinski definition) is 1. The van der Waals surface area contributed by atoms with Crippen molar-refractivity contribution < 1.29 is 8.42 Å². The summed E-state index contributed by atoms with van der Waals surface area (Å²) in [6.45, 7) is 3.47. The first-order valence-corrected chi connectivity index (χ1v) is 5.31. The highest BCUT2D eigenvalue weighted by Crippen LogP contribution is 2.29. The molecule has 0 spiro atoms. The van der Waals surface area contributed by atoms with E-state index in [1.165, 1.54) is 0 Å². The van der Waals surface area contributed by atoms with Gasteiger partial charge in [-0.3, -0.25) is 0 Å². The van der Waals surface area contributed by atoms with Crippen LogP contribution in [0.15, 0.2) is 24.3 Å². The summed E-state index contributed by atoms with van der Waals surface area (Å²) in [7, 11) is -3.51. The number of allylic oxidation sites excluding steroid dienone is 3. The quantitative estimate of drug-likeness (QED) is 0.660. The highest BCUT2D eigenvalue weighted by Gasteiger charge is 2.39. The van der Waals surface area contributed by atoms with Crippen molar-refractivity contribution in [3.8, 4) is 0 Å². The van der Waals surface area contributed by atoms with Crippen LogP contribution in [0, 0.1) is 5.92 Å². The van der Waals surface area contributed by atoms with Crippen molar-refractivity contribution in [2.24, 2.45) is 11.1 Å². The van der Waals surface area contributed by atoms with Gasteiger partial charge in [-0.15, -0.1) is 0 Å². The minimum absolute atomic E-state index is 0.0718. The van der Waals surface area contributed by atoms with Crippen molar-refractivity contribution in [2.75, 3.05) is 0 Å². The van der Waals surface area contributed by atoms with Gasteiger partial charge in [0.25, 0.3) is 0 Å². The van der Waals surface area contributed by atoms with Crippen LogP contribution in [0.1, 0.15) is 13.8 Å². The Labute approximate surface area is 73.0 Å². The Balaban J connectivity index is 3.16. The predicted octanol–water partition coefficient (Wildman–Crippen LogP) is 0.796. The summed E-state index contributed by atoms with van der Waals surface area (Å²) in [6.07, 6.45) is 7.01. The Morgan fingerprint density at radius 2 is 2.00 bits per heavy atom. The highest BCUT2D eigenvalue weighted by molar-refractivity contribution is 7.90. The standard InChI is InChI=1S/C8H13NO2S/c1-7-5-3-4-6-8(7,2)12(9,10)11/h3-7H,1-2H3,(H2,9,10,11). The first-order chi connectivity index (χ1) is 5.38. The molecule has 2 atom stereocenters. The number of hydrogen-bond acceptors (Lipinski definition) is 2. The largest absolute Gasteiger partial charge is 0.228 e. The molecule has 1 rings (SSSR count). The van der Waals surface area contributed by atoms with E-state index in [1.54, 1.807) is 19.1 Å². The van der Waals surface area contributed by atoms with Crippen LogP contribution < -0.4 is 5.14 Å². The molecule has 12 heavy (non-hydrogen) atoms. The van der Waals surface area contributed by atoms with Crippen LogP contribution in [0.25, 0.3) is 0 Å². The van der Waals surface area contributed by atoms with Crippen LogP contribution in [0.5, 0.6) is 0 Å². The molecule has 0 fully saturated rings. The van der Waals surface area contributed by atoms with E-state index in [4.69, 9.17) is 5.14 Å². The smallest absolute Gasteiger partial charge is 0.218 e. The number of primary sulfonamides is 1. The minimum Gasteiger partial charge on any atom is -0.228 e. The van der Waals surface area contributed by atoms with E-state index in [0.717, 1.165) is 0 Å². The Kier molecular flexibility index (Phi) is 2.14. The Morgan fingerprint density at radius 1 is 1.42 bits per heavy atom. The Hall–Kier alpha value is -0.610. The molecule has 1 aliphatic rings. The molecule has 0 aliphatic heterocycles. The molecule has 0 amide bonds. The molecule has 0 bridgehead atoms. The van der Waals surface area contributed by atoms with Crippen molar-refractivity contribution in [1.29, 1.82) is 0 Å². The normalized spacial score (nSPS) is 35.4. The third-order valence-corrected chi connectivity index (χ3v) is 4.19. The summed E-state index contributed by atoms with van der Waals surface area (Å²) in [5.74, 6) is -0.0718. The van der Waals surface area contributed by atoms with Crippen LogP contribution >= 0.6 is 0 Å². The maximum Gasteiger partial charge on any atom is 0.218 e. The molecule has 0 aromatic heterocycles. The Bertz CT molecular complexity index is 329. The Morgan fingerprint density at radius 3 is 2.33 bits per heavy atom. The lowest BCUT2D eigenvalue weighted by Gasteiger charge is -2.30. The van der Waals surface area contributed by atoms with Crippen molar-refractivity contribution in [2.45, 2.75) is 18.6 Å².